The summed E-state index contributed by atoms with van der Waals surface area (Å²) in [6.07, 6.45) is -7.48. The molecule has 0 aromatic heterocycles. The van der Waals surface area contributed by atoms with Crippen LogP contribution in [-0.2, 0) is 14.3 Å². The average molecular weight is 451 g/mol. The summed E-state index contributed by atoms with van der Waals surface area (Å²) >= 11 is 0. The fourth-order valence-corrected chi connectivity index (χ4v) is 5.64. The van der Waals surface area contributed by atoms with Gasteiger partial charge in [0, 0.05) is 17.0 Å². The smallest absolute Gasteiger partial charge is 0.296 e. The van der Waals surface area contributed by atoms with Gasteiger partial charge in [-0.2, -0.15) is 21.6 Å². The van der Waals surface area contributed by atoms with Gasteiger partial charge >= 0.3 is 6.18 Å². The van der Waals surface area contributed by atoms with Crippen LogP contribution in [0.25, 0.3) is 10.8 Å². The van der Waals surface area contributed by atoms with Crippen molar-refractivity contribution in [3.63, 3.8) is 0 Å². The van der Waals surface area contributed by atoms with Crippen LogP contribution in [0.4, 0.5) is 18.9 Å². The summed E-state index contributed by atoms with van der Waals surface area (Å²) < 4.78 is 72.3. The van der Waals surface area contributed by atoms with E-state index in [2.05, 4.69) is 6.92 Å². The Hall–Kier alpha value is -2.42. The van der Waals surface area contributed by atoms with Gasteiger partial charge in [0.15, 0.2) is 6.10 Å². The maximum atomic E-state index is 13.8. The van der Waals surface area contributed by atoms with Crippen LogP contribution in [0.15, 0.2) is 59.5 Å². The van der Waals surface area contributed by atoms with Crippen molar-refractivity contribution >= 4 is 26.6 Å². The molecule has 0 radical (unpaired) electrons. The van der Waals surface area contributed by atoms with Gasteiger partial charge in [-0.3, -0.25) is 4.90 Å². The van der Waals surface area contributed by atoms with Crippen molar-refractivity contribution in [2.75, 3.05) is 6.54 Å². The Morgan fingerprint density at radius 3 is 2.35 bits per heavy atom. The Balaban J connectivity index is 1.82. The second-order valence-corrected chi connectivity index (χ2v) is 9.40. The number of rotatable bonds is 5. The molecular formula is C23H23F3NO3S+. The molecule has 1 heterocycles. The second-order valence-electron chi connectivity index (χ2n) is 7.86. The lowest BCUT2D eigenvalue weighted by molar-refractivity contribution is -0.858. The molecule has 0 aliphatic carbocycles. The first-order chi connectivity index (χ1) is 14.5. The van der Waals surface area contributed by atoms with Gasteiger partial charge in [0.05, 0.1) is 11.9 Å². The minimum Gasteiger partial charge on any atom is -0.296 e. The molecule has 4 nitrogen and oxygen atoms in total. The fraction of sp³-hybridized carbons (Fsp3) is 0.304. The summed E-state index contributed by atoms with van der Waals surface area (Å²) in [5.74, 6) is 0. The molecule has 0 bridgehead atoms. The SMILES string of the molecule is CC[NH+]1c2ccc(S(=O)(=O)OC(c3ccc(C)cc3)C(F)(F)F)c3cccc(c23)C1C. The minimum absolute atomic E-state index is 0.123. The topological polar surface area (TPSA) is 47.8 Å². The van der Waals surface area contributed by atoms with Crippen molar-refractivity contribution in [1.29, 1.82) is 0 Å². The Bertz CT molecular complexity index is 1240. The molecule has 164 valence electrons. The number of aryl methyl sites for hydroxylation is 1. The highest BCUT2D eigenvalue weighted by Crippen LogP contribution is 2.41. The van der Waals surface area contributed by atoms with Gasteiger partial charge in [-0.25, -0.2) is 4.18 Å². The van der Waals surface area contributed by atoms with E-state index in [0.717, 1.165) is 28.7 Å². The van der Waals surface area contributed by atoms with Gasteiger partial charge in [0.2, 0.25) is 0 Å². The first-order valence-corrected chi connectivity index (χ1v) is 11.4. The number of halogens is 3. The first kappa shape index (κ1) is 21.8. The van der Waals surface area contributed by atoms with Crippen LogP contribution in [-0.4, -0.2) is 21.1 Å². The van der Waals surface area contributed by atoms with Crippen LogP contribution in [0.3, 0.4) is 0 Å². The van der Waals surface area contributed by atoms with E-state index in [0.29, 0.717) is 5.39 Å². The summed E-state index contributed by atoms with van der Waals surface area (Å²) in [5, 5.41) is 1.16. The average Bonchev–Trinajstić information content (AvgIpc) is 2.99. The number of alkyl halides is 3. The van der Waals surface area contributed by atoms with Gasteiger partial charge in [0.25, 0.3) is 10.1 Å². The predicted molar refractivity (Wildman–Crippen MR) is 112 cm³/mol. The largest absolute Gasteiger partial charge is 0.420 e. The van der Waals surface area contributed by atoms with Crippen LogP contribution >= 0.6 is 0 Å². The Labute approximate surface area is 179 Å². The van der Waals surface area contributed by atoms with Gasteiger partial charge < -0.3 is 0 Å². The van der Waals surface area contributed by atoms with Crippen molar-refractivity contribution in [2.24, 2.45) is 0 Å². The molecule has 3 aromatic carbocycles. The van der Waals surface area contributed by atoms with Crippen LogP contribution < -0.4 is 4.90 Å². The molecule has 0 saturated carbocycles. The lowest BCUT2D eigenvalue weighted by atomic mass is 10.0. The van der Waals surface area contributed by atoms with E-state index in [1.165, 1.54) is 35.2 Å². The molecule has 1 N–H and O–H groups in total. The van der Waals surface area contributed by atoms with Crippen molar-refractivity contribution < 1.29 is 30.7 Å². The highest BCUT2D eigenvalue weighted by molar-refractivity contribution is 7.87. The zero-order valence-corrected chi connectivity index (χ0v) is 18.1. The minimum atomic E-state index is -4.89. The fourth-order valence-electron chi connectivity index (χ4n) is 4.39. The van der Waals surface area contributed by atoms with Crippen molar-refractivity contribution in [2.45, 2.75) is 44.0 Å². The number of hydrogen-bond acceptors (Lipinski definition) is 3. The second kappa shape index (κ2) is 7.62. The maximum Gasteiger partial charge on any atom is 0.420 e. The third-order valence-electron chi connectivity index (χ3n) is 5.92. The summed E-state index contributed by atoms with van der Waals surface area (Å²) in [4.78, 5) is 0.933. The molecule has 3 aromatic rings. The molecule has 0 amide bonds. The Morgan fingerprint density at radius 2 is 1.74 bits per heavy atom. The van der Waals surface area contributed by atoms with E-state index < -0.39 is 22.4 Å². The summed E-state index contributed by atoms with van der Waals surface area (Å²) in [6, 6.07) is 13.9. The molecule has 3 atom stereocenters. The zero-order chi connectivity index (χ0) is 22.6. The quantitative estimate of drug-likeness (QED) is 0.570. The predicted octanol–water partition coefficient (Wildman–Crippen LogP) is 4.77. The van der Waals surface area contributed by atoms with Crippen molar-refractivity contribution in [3.8, 4) is 0 Å². The third-order valence-corrected chi connectivity index (χ3v) is 7.26. The molecule has 31 heavy (non-hydrogen) atoms. The zero-order valence-electron chi connectivity index (χ0n) is 17.3. The summed E-state index contributed by atoms with van der Waals surface area (Å²) in [6.45, 7) is 6.62. The molecular weight excluding hydrogens is 427 g/mol. The lowest BCUT2D eigenvalue weighted by Crippen LogP contribution is -3.05. The summed E-state index contributed by atoms with van der Waals surface area (Å²) in [7, 11) is -4.70. The van der Waals surface area contributed by atoms with Crippen LogP contribution in [0, 0.1) is 6.92 Å². The highest BCUT2D eigenvalue weighted by atomic mass is 32.2. The standard InChI is InChI=1S/C23H22F3NO3S/c1-4-27-15(3)17-6-5-7-18-20(13-12-19(27)21(17)18)31(28,29)30-22(23(24,25)26)16-10-8-14(2)9-11-16/h5-13,15,22H,4H2,1-3H3/p+1. The molecule has 4 rings (SSSR count). The number of hydrogen-bond donors (Lipinski definition) is 1. The van der Waals surface area contributed by atoms with Crippen LogP contribution in [0.2, 0.25) is 0 Å². The highest BCUT2D eigenvalue weighted by Gasteiger charge is 2.46. The number of benzene rings is 3. The van der Waals surface area contributed by atoms with Gasteiger partial charge in [0.1, 0.15) is 16.6 Å². The van der Waals surface area contributed by atoms with Gasteiger partial charge in [-0.05, 0) is 32.4 Å². The van der Waals surface area contributed by atoms with Gasteiger partial charge in [-0.1, -0.05) is 48.0 Å². The molecule has 0 spiro atoms. The first-order valence-electron chi connectivity index (χ1n) is 10.0. The van der Waals surface area contributed by atoms with E-state index in [1.54, 1.807) is 25.1 Å². The van der Waals surface area contributed by atoms with Crippen molar-refractivity contribution in [3.05, 3.63) is 71.3 Å². The number of nitrogens with one attached hydrogen (secondary N) is 1. The van der Waals surface area contributed by atoms with E-state index in [4.69, 9.17) is 4.18 Å². The molecule has 8 heteroatoms. The molecule has 3 unspecified atom stereocenters. The third kappa shape index (κ3) is 3.73. The Kier molecular flexibility index (Phi) is 5.36. The van der Waals surface area contributed by atoms with E-state index in [9.17, 15) is 21.6 Å². The lowest BCUT2D eigenvalue weighted by Gasteiger charge is -2.21. The van der Waals surface area contributed by atoms with Crippen molar-refractivity contribution in [1.82, 2.24) is 0 Å². The monoisotopic (exact) mass is 450 g/mol. The Morgan fingerprint density at radius 1 is 1.06 bits per heavy atom. The molecule has 1 aliphatic rings. The van der Waals surface area contributed by atoms with Crippen LogP contribution in [0.5, 0.6) is 0 Å². The van der Waals surface area contributed by atoms with E-state index >= 15 is 0 Å². The summed E-state index contributed by atoms with van der Waals surface area (Å²) in [5.41, 5.74) is 2.43. The van der Waals surface area contributed by atoms with E-state index in [1.807, 2.05) is 13.0 Å². The molecule has 1 aliphatic heterocycles. The normalized spacial score (nSPS) is 19.7. The van der Waals surface area contributed by atoms with Gasteiger partial charge in [-0.15, -0.1) is 0 Å². The molecule has 0 saturated heterocycles. The maximum absolute atomic E-state index is 13.8. The number of quaternary nitrogens is 1. The van der Waals surface area contributed by atoms with Crippen LogP contribution in [0.1, 0.15) is 42.7 Å². The van der Waals surface area contributed by atoms with E-state index in [-0.39, 0.29) is 16.5 Å². The molecule has 0 fully saturated rings.